The van der Waals surface area contributed by atoms with Gasteiger partial charge in [0, 0.05) is 23.7 Å². The SMILES string of the molecule is COc1cc2nccc(Oc3ccc(N)c(O)c3)c2cc1C(N)=O. The molecule has 0 aliphatic rings. The first-order valence-corrected chi connectivity index (χ1v) is 7.02. The molecule has 1 aromatic heterocycles. The molecule has 122 valence electrons. The van der Waals surface area contributed by atoms with E-state index in [1.165, 1.54) is 19.2 Å². The highest BCUT2D eigenvalue weighted by molar-refractivity contribution is 6.01. The second-order valence-corrected chi connectivity index (χ2v) is 5.07. The van der Waals surface area contributed by atoms with Crippen molar-refractivity contribution in [2.75, 3.05) is 12.8 Å². The van der Waals surface area contributed by atoms with Crippen molar-refractivity contribution in [3.05, 3.63) is 48.2 Å². The Morgan fingerprint density at radius 2 is 1.96 bits per heavy atom. The number of ether oxygens (including phenoxy) is 2. The zero-order valence-corrected chi connectivity index (χ0v) is 12.8. The molecule has 0 saturated carbocycles. The molecule has 7 nitrogen and oxygen atoms in total. The Labute approximate surface area is 137 Å². The Balaban J connectivity index is 2.12. The van der Waals surface area contributed by atoms with Gasteiger partial charge in [-0.15, -0.1) is 0 Å². The van der Waals surface area contributed by atoms with Crippen LogP contribution in [0.2, 0.25) is 0 Å². The molecule has 3 aromatic rings. The molecule has 24 heavy (non-hydrogen) atoms. The lowest BCUT2D eigenvalue weighted by Crippen LogP contribution is -2.12. The maximum atomic E-state index is 11.6. The predicted octanol–water partition coefficient (Wildman–Crippen LogP) is 2.42. The molecule has 5 N–H and O–H groups in total. The molecule has 0 atom stereocenters. The quantitative estimate of drug-likeness (QED) is 0.500. The van der Waals surface area contributed by atoms with Crippen molar-refractivity contribution in [2.45, 2.75) is 0 Å². The third-order valence-electron chi connectivity index (χ3n) is 3.52. The van der Waals surface area contributed by atoms with E-state index in [4.69, 9.17) is 20.9 Å². The summed E-state index contributed by atoms with van der Waals surface area (Å²) in [6.07, 6.45) is 1.57. The summed E-state index contributed by atoms with van der Waals surface area (Å²) in [5.74, 6) is 0.490. The number of carbonyl (C=O) groups is 1. The van der Waals surface area contributed by atoms with Crippen molar-refractivity contribution in [1.82, 2.24) is 4.98 Å². The number of hydrogen-bond acceptors (Lipinski definition) is 6. The number of methoxy groups -OCH3 is 1. The number of nitrogens with two attached hydrogens (primary N) is 2. The number of phenolic OH excluding ortho intramolecular Hbond substituents is 1. The Morgan fingerprint density at radius 1 is 1.17 bits per heavy atom. The van der Waals surface area contributed by atoms with Crippen molar-refractivity contribution in [3.63, 3.8) is 0 Å². The summed E-state index contributed by atoms with van der Waals surface area (Å²) < 4.78 is 11.0. The van der Waals surface area contributed by atoms with Gasteiger partial charge in [-0.2, -0.15) is 0 Å². The standard InChI is InChI=1S/C17H15N3O4/c1-23-16-8-13-10(7-11(16)17(19)22)15(4-5-20-13)24-9-2-3-12(18)14(21)6-9/h2-8,21H,18H2,1H3,(H2,19,22). The lowest BCUT2D eigenvalue weighted by atomic mass is 10.1. The smallest absolute Gasteiger partial charge is 0.252 e. The Bertz CT molecular complexity index is 941. The molecule has 0 radical (unpaired) electrons. The van der Waals surface area contributed by atoms with Crippen LogP contribution in [-0.2, 0) is 0 Å². The zero-order chi connectivity index (χ0) is 17.3. The third-order valence-corrected chi connectivity index (χ3v) is 3.52. The minimum Gasteiger partial charge on any atom is -0.506 e. The van der Waals surface area contributed by atoms with E-state index in [0.717, 1.165) is 0 Å². The van der Waals surface area contributed by atoms with Crippen LogP contribution in [0.15, 0.2) is 42.6 Å². The van der Waals surface area contributed by atoms with Crippen molar-refractivity contribution in [2.24, 2.45) is 5.73 Å². The number of carbonyl (C=O) groups excluding carboxylic acids is 1. The van der Waals surface area contributed by atoms with Gasteiger partial charge in [-0.1, -0.05) is 0 Å². The van der Waals surface area contributed by atoms with E-state index in [-0.39, 0.29) is 17.0 Å². The number of aromatic hydroxyl groups is 1. The van der Waals surface area contributed by atoms with Crippen LogP contribution in [0.5, 0.6) is 23.0 Å². The topological polar surface area (TPSA) is 121 Å². The van der Waals surface area contributed by atoms with Gasteiger partial charge in [0.25, 0.3) is 5.91 Å². The third kappa shape index (κ3) is 2.74. The first kappa shape index (κ1) is 15.4. The molecule has 0 aliphatic heterocycles. The van der Waals surface area contributed by atoms with Gasteiger partial charge in [0.2, 0.25) is 0 Å². The molecule has 1 amide bonds. The van der Waals surface area contributed by atoms with Gasteiger partial charge in [0.15, 0.2) is 0 Å². The van der Waals surface area contributed by atoms with E-state index in [1.54, 1.807) is 30.5 Å². The number of nitrogen functional groups attached to an aromatic ring is 1. The average molecular weight is 325 g/mol. The lowest BCUT2D eigenvalue weighted by Gasteiger charge is -2.12. The molecule has 0 aliphatic carbocycles. The monoisotopic (exact) mass is 325 g/mol. The highest BCUT2D eigenvalue weighted by Crippen LogP contribution is 2.34. The van der Waals surface area contributed by atoms with Crippen molar-refractivity contribution in [1.29, 1.82) is 0 Å². The van der Waals surface area contributed by atoms with Gasteiger partial charge >= 0.3 is 0 Å². The fourth-order valence-corrected chi connectivity index (χ4v) is 2.31. The average Bonchev–Trinajstić information content (AvgIpc) is 2.57. The molecule has 0 unspecified atom stereocenters. The number of aromatic nitrogens is 1. The van der Waals surface area contributed by atoms with Gasteiger partial charge in [-0.25, -0.2) is 0 Å². The Hall–Kier alpha value is -3.48. The first-order valence-electron chi connectivity index (χ1n) is 7.02. The molecule has 1 heterocycles. The van der Waals surface area contributed by atoms with E-state index < -0.39 is 5.91 Å². The minimum atomic E-state index is -0.617. The van der Waals surface area contributed by atoms with E-state index in [0.29, 0.717) is 28.2 Å². The van der Waals surface area contributed by atoms with Crippen LogP contribution >= 0.6 is 0 Å². The molecule has 3 rings (SSSR count). The summed E-state index contributed by atoms with van der Waals surface area (Å²) in [6, 6.07) is 9.39. The second kappa shape index (κ2) is 5.96. The van der Waals surface area contributed by atoms with Crippen LogP contribution in [0.4, 0.5) is 5.69 Å². The first-order chi connectivity index (χ1) is 11.5. The number of amides is 1. The van der Waals surface area contributed by atoms with Crippen LogP contribution < -0.4 is 20.9 Å². The summed E-state index contributed by atoms with van der Waals surface area (Å²) >= 11 is 0. The van der Waals surface area contributed by atoms with Crippen molar-refractivity contribution >= 4 is 22.5 Å². The van der Waals surface area contributed by atoms with Crippen LogP contribution in [0.1, 0.15) is 10.4 Å². The van der Waals surface area contributed by atoms with Crippen LogP contribution in [0, 0.1) is 0 Å². The number of benzene rings is 2. The van der Waals surface area contributed by atoms with Gasteiger partial charge in [-0.05, 0) is 24.3 Å². The number of anilines is 1. The van der Waals surface area contributed by atoms with Crippen LogP contribution in [0.25, 0.3) is 10.9 Å². The lowest BCUT2D eigenvalue weighted by molar-refractivity contribution is 0.0997. The van der Waals surface area contributed by atoms with Crippen LogP contribution in [-0.4, -0.2) is 23.1 Å². The molecule has 0 saturated heterocycles. The minimum absolute atomic E-state index is 0.0784. The number of nitrogens with zero attached hydrogens (tertiary/aromatic N) is 1. The number of primary amides is 1. The highest BCUT2D eigenvalue weighted by atomic mass is 16.5. The van der Waals surface area contributed by atoms with E-state index in [2.05, 4.69) is 4.98 Å². The van der Waals surface area contributed by atoms with Gasteiger partial charge in [0.05, 0.1) is 23.9 Å². The largest absolute Gasteiger partial charge is 0.506 e. The molecular weight excluding hydrogens is 310 g/mol. The van der Waals surface area contributed by atoms with Gasteiger partial charge in [-0.3, -0.25) is 9.78 Å². The fraction of sp³-hybridized carbons (Fsp3) is 0.0588. The Kier molecular flexibility index (Phi) is 3.83. The molecule has 2 aromatic carbocycles. The number of phenols is 1. The van der Waals surface area contributed by atoms with Gasteiger partial charge < -0.3 is 26.0 Å². The van der Waals surface area contributed by atoms with E-state index >= 15 is 0 Å². The maximum Gasteiger partial charge on any atom is 0.252 e. The maximum absolute atomic E-state index is 11.6. The van der Waals surface area contributed by atoms with Crippen LogP contribution in [0.3, 0.4) is 0 Å². The summed E-state index contributed by atoms with van der Waals surface area (Å²) in [5, 5.41) is 10.3. The normalized spacial score (nSPS) is 10.5. The van der Waals surface area contributed by atoms with E-state index in [9.17, 15) is 9.90 Å². The van der Waals surface area contributed by atoms with Crippen molar-refractivity contribution in [3.8, 4) is 23.0 Å². The van der Waals surface area contributed by atoms with Crippen molar-refractivity contribution < 1.29 is 19.4 Å². The summed E-state index contributed by atoms with van der Waals surface area (Å²) in [4.78, 5) is 15.9. The Morgan fingerprint density at radius 3 is 2.62 bits per heavy atom. The summed E-state index contributed by atoms with van der Waals surface area (Å²) in [5.41, 5.74) is 12.0. The molecule has 0 bridgehead atoms. The number of fused-ring (bicyclic) bond motifs is 1. The summed E-state index contributed by atoms with van der Waals surface area (Å²) in [6.45, 7) is 0. The zero-order valence-electron chi connectivity index (χ0n) is 12.8. The number of hydrogen-bond donors (Lipinski definition) is 3. The molecule has 7 heteroatoms. The van der Waals surface area contributed by atoms with Gasteiger partial charge in [0.1, 0.15) is 23.0 Å². The molecular formula is C17H15N3O4. The number of pyridine rings is 1. The molecule has 0 spiro atoms. The number of rotatable bonds is 4. The molecule has 0 fully saturated rings. The van der Waals surface area contributed by atoms with E-state index in [1.807, 2.05) is 0 Å². The summed E-state index contributed by atoms with van der Waals surface area (Å²) in [7, 11) is 1.45. The fourth-order valence-electron chi connectivity index (χ4n) is 2.31. The second-order valence-electron chi connectivity index (χ2n) is 5.07. The highest BCUT2D eigenvalue weighted by Gasteiger charge is 2.14. The predicted molar refractivity (Wildman–Crippen MR) is 89.4 cm³/mol.